The van der Waals surface area contributed by atoms with Crippen LogP contribution in [-0.2, 0) is 6.42 Å². The number of hydrogen-bond donors (Lipinski definition) is 1. The molecule has 0 aliphatic rings. The molecule has 0 aliphatic heterocycles. The summed E-state index contributed by atoms with van der Waals surface area (Å²) in [7, 11) is 1.88. The van der Waals surface area contributed by atoms with E-state index in [0.29, 0.717) is 11.4 Å². The Hall–Kier alpha value is -0.420. The molecule has 0 fully saturated rings. The molecule has 1 unspecified atom stereocenters. The van der Waals surface area contributed by atoms with E-state index in [1.165, 1.54) is 6.07 Å². The van der Waals surface area contributed by atoms with Gasteiger partial charge in [0.15, 0.2) is 0 Å². The largest absolute Gasteiger partial charge is 0.313 e. The first kappa shape index (κ1) is 16.0. The van der Waals surface area contributed by atoms with Crippen molar-refractivity contribution < 1.29 is 4.39 Å². The third-order valence-corrected chi connectivity index (χ3v) is 4.46. The van der Waals surface area contributed by atoms with Crippen LogP contribution < -0.4 is 5.32 Å². The lowest BCUT2D eigenvalue weighted by molar-refractivity contribution is 0.582. The Labute approximate surface area is 139 Å². The van der Waals surface area contributed by atoms with Crippen LogP contribution in [0.4, 0.5) is 4.39 Å². The molecule has 1 N–H and O–H groups in total. The van der Waals surface area contributed by atoms with Crippen LogP contribution in [0.3, 0.4) is 0 Å². The number of rotatable bonds is 4. The van der Waals surface area contributed by atoms with Gasteiger partial charge in [-0.05, 0) is 61.0 Å². The van der Waals surface area contributed by atoms with Crippen molar-refractivity contribution in [1.29, 1.82) is 0 Å². The van der Waals surface area contributed by atoms with Crippen molar-refractivity contribution in [2.75, 3.05) is 7.05 Å². The van der Waals surface area contributed by atoms with E-state index in [-0.39, 0.29) is 11.9 Å². The zero-order chi connectivity index (χ0) is 14.7. The summed E-state index contributed by atoms with van der Waals surface area (Å²) in [6, 6.07) is 10.6. The Morgan fingerprint density at radius 2 is 1.95 bits per heavy atom. The van der Waals surface area contributed by atoms with E-state index in [1.54, 1.807) is 6.07 Å². The van der Waals surface area contributed by atoms with E-state index < -0.39 is 0 Å². The summed E-state index contributed by atoms with van der Waals surface area (Å²) in [6.45, 7) is 0. The monoisotopic (exact) mass is 419 g/mol. The molecule has 2 aromatic carbocycles. The fraction of sp³-hybridized carbons (Fsp3) is 0.200. The second-order valence-electron chi connectivity index (χ2n) is 4.49. The molecular formula is C15H13Br2ClFN. The van der Waals surface area contributed by atoms with Crippen molar-refractivity contribution in [2.24, 2.45) is 0 Å². The molecular weight excluding hydrogens is 408 g/mol. The van der Waals surface area contributed by atoms with Crippen LogP contribution in [-0.4, -0.2) is 7.05 Å². The molecule has 0 aromatic heterocycles. The molecule has 1 atom stereocenters. The van der Waals surface area contributed by atoms with Crippen LogP contribution >= 0.6 is 43.5 Å². The Morgan fingerprint density at radius 1 is 1.20 bits per heavy atom. The zero-order valence-electron chi connectivity index (χ0n) is 10.8. The average molecular weight is 422 g/mol. The molecule has 5 heteroatoms. The van der Waals surface area contributed by atoms with Gasteiger partial charge in [0.05, 0.1) is 0 Å². The molecule has 0 bridgehead atoms. The highest BCUT2D eigenvalue weighted by atomic mass is 79.9. The van der Waals surface area contributed by atoms with Gasteiger partial charge in [0.25, 0.3) is 0 Å². The molecule has 0 spiro atoms. The number of likely N-dealkylation sites (N-methyl/N-ethyl adjacent to an activating group) is 1. The van der Waals surface area contributed by atoms with Crippen molar-refractivity contribution in [1.82, 2.24) is 5.32 Å². The topological polar surface area (TPSA) is 12.0 Å². The first-order chi connectivity index (χ1) is 9.49. The van der Waals surface area contributed by atoms with Crippen molar-refractivity contribution >= 4 is 43.5 Å². The number of halogens is 4. The van der Waals surface area contributed by atoms with Gasteiger partial charge in [-0.25, -0.2) is 4.39 Å². The van der Waals surface area contributed by atoms with Gasteiger partial charge >= 0.3 is 0 Å². The fourth-order valence-corrected chi connectivity index (χ4v) is 3.33. The highest BCUT2D eigenvalue weighted by Gasteiger charge is 2.14. The van der Waals surface area contributed by atoms with Gasteiger partial charge in [0.1, 0.15) is 5.82 Å². The first-order valence-corrected chi connectivity index (χ1v) is 8.03. The summed E-state index contributed by atoms with van der Waals surface area (Å²) in [6.07, 6.45) is 0.672. The summed E-state index contributed by atoms with van der Waals surface area (Å²) in [5, 5.41) is 3.93. The van der Waals surface area contributed by atoms with E-state index in [1.807, 2.05) is 31.3 Å². The van der Waals surface area contributed by atoms with Crippen molar-refractivity contribution in [3.8, 4) is 0 Å². The van der Waals surface area contributed by atoms with E-state index in [2.05, 4.69) is 37.2 Å². The van der Waals surface area contributed by atoms with Crippen LogP contribution in [0.15, 0.2) is 45.3 Å². The summed E-state index contributed by atoms with van der Waals surface area (Å²) in [4.78, 5) is 0. The van der Waals surface area contributed by atoms with E-state index in [9.17, 15) is 4.39 Å². The van der Waals surface area contributed by atoms with Crippen LogP contribution in [0.1, 0.15) is 17.2 Å². The van der Waals surface area contributed by atoms with Crippen LogP contribution in [0, 0.1) is 5.82 Å². The molecule has 0 saturated carbocycles. The number of hydrogen-bond acceptors (Lipinski definition) is 1. The molecule has 0 heterocycles. The Balaban J connectivity index is 2.31. The minimum absolute atomic E-state index is 0.0526. The Bertz CT molecular complexity index is 599. The Kier molecular flexibility index (Phi) is 5.61. The minimum Gasteiger partial charge on any atom is -0.313 e. The molecule has 0 radical (unpaired) electrons. The number of nitrogens with one attached hydrogen (secondary N) is 1. The molecule has 0 saturated heterocycles. The van der Waals surface area contributed by atoms with Crippen LogP contribution in [0.5, 0.6) is 0 Å². The van der Waals surface area contributed by atoms with Crippen LogP contribution in [0.25, 0.3) is 0 Å². The van der Waals surface area contributed by atoms with E-state index in [0.717, 1.165) is 20.1 Å². The van der Waals surface area contributed by atoms with Crippen LogP contribution in [0.2, 0.25) is 5.02 Å². The fourth-order valence-electron chi connectivity index (χ4n) is 2.11. The maximum atomic E-state index is 13.4. The average Bonchev–Trinajstić information content (AvgIpc) is 2.38. The quantitative estimate of drug-likeness (QED) is 0.687. The molecule has 106 valence electrons. The molecule has 2 aromatic rings. The number of benzene rings is 2. The minimum atomic E-state index is -0.241. The maximum absolute atomic E-state index is 13.4. The predicted octanol–water partition coefficient (Wildman–Crippen LogP) is 5.51. The second-order valence-corrected chi connectivity index (χ2v) is 6.70. The summed E-state index contributed by atoms with van der Waals surface area (Å²) >= 11 is 12.9. The summed E-state index contributed by atoms with van der Waals surface area (Å²) in [5.41, 5.74) is 1.98. The SMILES string of the molecule is CNC(Cc1cc(F)cc(Br)c1)c1cc(Cl)ccc1Br. The first-order valence-electron chi connectivity index (χ1n) is 6.07. The lowest BCUT2D eigenvalue weighted by Crippen LogP contribution is -2.19. The van der Waals surface area contributed by atoms with E-state index >= 15 is 0 Å². The standard InChI is InChI=1S/C15H13Br2ClFN/c1-20-15(13-8-11(18)2-3-14(13)17)6-9-4-10(16)7-12(19)5-9/h2-5,7-8,15,20H,6H2,1H3. The summed E-state index contributed by atoms with van der Waals surface area (Å²) < 4.78 is 15.2. The maximum Gasteiger partial charge on any atom is 0.124 e. The smallest absolute Gasteiger partial charge is 0.124 e. The van der Waals surface area contributed by atoms with Gasteiger partial charge in [0.2, 0.25) is 0 Å². The van der Waals surface area contributed by atoms with Crippen molar-refractivity contribution in [2.45, 2.75) is 12.5 Å². The van der Waals surface area contributed by atoms with E-state index in [4.69, 9.17) is 11.6 Å². The molecule has 1 nitrogen and oxygen atoms in total. The van der Waals surface area contributed by atoms with Gasteiger partial charge < -0.3 is 5.32 Å². The molecule has 0 amide bonds. The highest BCUT2D eigenvalue weighted by Crippen LogP contribution is 2.29. The third-order valence-electron chi connectivity index (χ3n) is 3.04. The Morgan fingerprint density at radius 3 is 2.60 bits per heavy atom. The molecule has 20 heavy (non-hydrogen) atoms. The van der Waals surface area contributed by atoms with Gasteiger partial charge in [-0.2, -0.15) is 0 Å². The zero-order valence-corrected chi connectivity index (χ0v) is 14.7. The predicted molar refractivity (Wildman–Crippen MR) is 88.8 cm³/mol. The van der Waals surface area contributed by atoms with Gasteiger partial charge in [-0.15, -0.1) is 0 Å². The highest BCUT2D eigenvalue weighted by molar-refractivity contribution is 9.10. The normalized spacial score (nSPS) is 12.4. The summed E-state index contributed by atoms with van der Waals surface area (Å²) in [5.74, 6) is -0.241. The lowest BCUT2D eigenvalue weighted by Gasteiger charge is -2.19. The van der Waals surface area contributed by atoms with Crippen molar-refractivity contribution in [3.63, 3.8) is 0 Å². The third kappa shape index (κ3) is 4.04. The van der Waals surface area contributed by atoms with Gasteiger partial charge in [-0.1, -0.05) is 43.5 Å². The van der Waals surface area contributed by atoms with Crippen molar-refractivity contribution in [3.05, 3.63) is 67.3 Å². The van der Waals surface area contributed by atoms with Gasteiger partial charge in [-0.3, -0.25) is 0 Å². The molecule has 2 rings (SSSR count). The molecule has 0 aliphatic carbocycles. The van der Waals surface area contributed by atoms with Gasteiger partial charge in [0, 0.05) is 20.0 Å². The second kappa shape index (κ2) is 7.03. The lowest BCUT2D eigenvalue weighted by atomic mass is 9.99.